The van der Waals surface area contributed by atoms with E-state index < -0.39 is 0 Å². The number of rotatable bonds is 6. The van der Waals surface area contributed by atoms with E-state index in [2.05, 4.69) is 64.3 Å². The second-order valence-electron chi connectivity index (χ2n) is 8.85. The molecule has 0 saturated carbocycles. The molecule has 0 amide bonds. The first-order valence-electron chi connectivity index (χ1n) is 11.6. The van der Waals surface area contributed by atoms with Crippen LogP contribution in [0, 0.1) is 0 Å². The highest BCUT2D eigenvalue weighted by Gasteiger charge is 2.21. The van der Waals surface area contributed by atoms with Crippen LogP contribution in [0.3, 0.4) is 0 Å². The molecule has 0 radical (unpaired) electrons. The molecule has 1 fully saturated rings. The van der Waals surface area contributed by atoms with E-state index in [9.17, 15) is 4.79 Å². The van der Waals surface area contributed by atoms with E-state index in [0.29, 0.717) is 11.5 Å². The first-order chi connectivity index (χ1) is 16.2. The normalized spacial score (nSPS) is 15.1. The van der Waals surface area contributed by atoms with Crippen molar-refractivity contribution < 1.29 is 9.53 Å². The van der Waals surface area contributed by atoms with E-state index in [4.69, 9.17) is 9.72 Å². The molecule has 0 atom stereocenters. The maximum atomic E-state index is 11.6. The summed E-state index contributed by atoms with van der Waals surface area (Å²) in [6.45, 7) is 4.00. The second kappa shape index (κ2) is 9.59. The monoisotopic (exact) mass is 439 g/mol. The average Bonchev–Trinajstić information content (AvgIpc) is 3.27. The van der Waals surface area contributed by atoms with Crippen LogP contribution in [-0.4, -0.2) is 40.6 Å². The number of ether oxygens (including phenoxy) is 1. The summed E-state index contributed by atoms with van der Waals surface area (Å²) in [6.07, 6.45) is 6.51. The number of hydrogen-bond donors (Lipinski definition) is 0. The highest BCUT2D eigenvalue weighted by Crippen LogP contribution is 2.30. The molecule has 0 spiro atoms. The number of nitrogens with zero attached hydrogens (tertiary/aromatic N) is 3. The molecule has 168 valence electrons. The number of likely N-dealkylation sites (tertiary alicyclic amines) is 1. The van der Waals surface area contributed by atoms with Crippen LogP contribution < -0.4 is 0 Å². The van der Waals surface area contributed by atoms with Crippen LogP contribution in [0.4, 0.5) is 0 Å². The molecular weight excluding hydrogens is 410 g/mol. The maximum Gasteiger partial charge on any atom is 0.337 e. The topological polar surface area (TPSA) is 47.4 Å². The van der Waals surface area contributed by atoms with Crippen LogP contribution in [-0.2, 0) is 17.8 Å². The number of benzene rings is 2. The fourth-order valence-corrected chi connectivity index (χ4v) is 4.77. The summed E-state index contributed by atoms with van der Waals surface area (Å²) in [5.41, 5.74) is 5.42. The number of esters is 1. The number of hydrogen-bond acceptors (Lipinski definition) is 4. The minimum Gasteiger partial charge on any atom is -0.465 e. The van der Waals surface area contributed by atoms with Crippen molar-refractivity contribution in [3.8, 4) is 0 Å². The highest BCUT2D eigenvalue weighted by molar-refractivity contribution is 5.89. The van der Waals surface area contributed by atoms with Gasteiger partial charge < -0.3 is 9.30 Å². The summed E-state index contributed by atoms with van der Waals surface area (Å²) in [5.74, 6) is 0.260. The van der Waals surface area contributed by atoms with Gasteiger partial charge in [-0.25, -0.2) is 9.78 Å². The molecule has 0 bridgehead atoms. The van der Waals surface area contributed by atoms with Crippen molar-refractivity contribution in [1.82, 2.24) is 14.5 Å². The third-order valence-electron chi connectivity index (χ3n) is 6.66. The summed E-state index contributed by atoms with van der Waals surface area (Å²) in [7, 11) is 1.40. The number of methoxy groups -OCH3 is 1. The summed E-state index contributed by atoms with van der Waals surface area (Å²) >= 11 is 0. The number of aromatic nitrogens is 2. The van der Waals surface area contributed by atoms with E-state index in [1.54, 1.807) is 0 Å². The lowest BCUT2D eigenvalue weighted by Crippen LogP contribution is -2.32. The van der Waals surface area contributed by atoms with Crippen molar-refractivity contribution in [2.45, 2.75) is 31.8 Å². The van der Waals surface area contributed by atoms with Gasteiger partial charge in [0.1, 0.15) is 5.65 Å². The predicted molar refractivity (Wildman–Crippen MR) is 130 cm³/mol. The van der Waals surface area contributed by atoms with Gasteiger partial charge in [-0.2, -0.15) is 0 Å². The number of carbonyl (C=O) groups is 1. The van der Waals surface area contributed by atoms with Crippen LogP contribution in [0.1, 0.15) is 45.8 Å². The van der Waals surface area contributed by atoms with Gasteiger partial charge in [-0.05, 0) is 72.8 Å². The Bertz CT molecular complexity index is 1220. The molecule has 1 aliphatic rings. The van der Waals surface area contributed by atoms with Crippen LogP contribution in [0.2, 0.25) is 0 Å². The van der Waals surface area contributed by atoms with E-state index >= 15 is 0 Å². The fourth-order valence-electron chi connectivity index (χ4n) is 4.77. The van der Waals surface area contributed by atoms with Crippen LogP contribution >= 0.6 is 0 Å². The molecule has 5 heteroatoms. The van der Waals surface area contributed by atoms with Gasteiger partial charge in [0.15, 0.2) is 0 Å². The van der Waals surface area contributed by atoms with Gasteiger partial charge in [-0.1, -0.05) is 42.5 Å². The highest BCUT2D eigenvalue weighted by atomic mass is 16.5. The number of pyridine rings is 1. The minimum absolute atomic E-state index is 0.312. The quantitative estimate of drug-likeness (QED) is 0.385. The minimum atomic E-state index is -0.312. The van der Waals surface area contributed by atoms with Crippen molar-refractivity contribution in [3.63, 3.8) is 0 Å². The maximum absolute atomic E-state index is 11.6. The molecular formula is C28H29N3O2. The molecule has 2 aromatic carbocycles. The summed E-state index contributed by atoms with van der Waals surface area (Å²) in [4.78, 5) is 19.0. The molecule has 1 saturated heterocycles. The van der Waals surface area contributed by atoms with Crippen molar-refractivity contribution in [3.05, 3.63) is 101 Å². The standard InChI is InChI=1S/C28H29N3O2/c1-33-28(32)24-9-7-22(8-10-24)20-31-16-13-25-17-26(18-29-27(25)31)23-11-14-30(15-12-23)19-21-5-3-2-4-6-21/h2-10,13,16-18,23H,11-12,14-15,19-20H2,1H3. The van der Waals surface area contributed by atoms with Crippen molar-refractivity contribution in [2.75, 3.05) is 20.2 Å². The Morgan fingerprint density at radius 3 is 2.42 bits per heavy atom. The molecule has 5 rings (SSSR count). The second-order valence-corrected chi connectivity index (χ2v) is 8.85. The average molecular weight is 440 g/mol. The largest absolute Gasteiger partial charge is 0.465 e. The molecule has 0 aliphatic carbocycles. The van der Waals surface area contributed by atoms with Gasteiger partial charge >= 0.3 is 5.97 Å². The third kappa shape index (κ3) is 4.83. The molecule has 1 aliphatic heterocycles. The predicted octanol–water partition coefficient (Wildman–Crippen LogP) is 5.25. The Labute approximate surface area is 194 Å². The lowest BCUT2D eigenvalue weighted by atomic mass is 9.90. The molecule has 2 aromatic heterocycles. The van der Waals surface area contributed by atoms with E-state index in [-0.39, 0.29) is 5.97 Å². The molecule has 4 aromatic rings. The van der Waals surface area contributed by atoms with Crippen LogP contribution in [0.15, 0.2) is 79.1 Å². The van der Waals surface area contributed by atoms with Crippen molar-refractivity contribution in [1.29, 1.82) is 0 Å². The zero-order chi connectivity index (χ0) is 22.6. The summed E-state index contributed by atoms with van der Waals surface area (Å²) < 4.78 is 6.94. The Morgan fingerprint density at radius 2 is 1.70 bits per heavy atom. The number of fused-ring (bicyclic) bond motifs is 1. The van der Waals surface area contributed by atoms with E-state index in [0.717, 1.165) is 37.4 Å². The van der Waals surface area contributed by atoms with Crippen LogP contribution in [0.5, 0.6) is 0 Å². The first-order valence-corrected chi connectivity index (χ1v) is 11.6. The molecule has 0 N–H and O–H groups in total. The molecule has 33 heavy (non-hydrogen) atoms. The van der Waals surface area contributed by atoms with Crippen LogP contribution in [0.25, 0.3) is 11.0 Å². The van der Waals surface area contributed by atoms with Gasteiger partial charge in [0.05, 0.1) is 12.7 Å². The van der Waals surface area contributed by atoms with Gasteiger partial charge in [0.2, 0.25) is 0 Å². The zero-order valence-corrected chi connectivity index (χ0v) is 19.0. The lowest BCUT2D eigenvalue weighted by Gasteiger charge is -2.32. The van der Waals surface area contributed by atoms with Gasteiger partial charge in [0, 0.05) is 30.9 Å². The van der Waals surface area contributed by atoms with Gasteiger partial charge in [0.25, 0.3) is 0 Å². The zero-order valence-electron chi connectivity index (χ0n) is 19.0. The van der Waals surface area contributed by atoms with E-state index in [1.807, 2.05) is 24.3 Å². The number of carbonyl (C=O) groups excluding carboxylic acids is 1. The summed E-state index contributed by atoms with van der Waals surface area (Å²) in [6, 6.07) is 22.8. The van der Waals surface area contributed by atoms with Gasteiger partial charge in [-0.15, -0.1) is 0 Å². The Hall–Kier alpha value is -3.44. The molecule has 5 nitrogen and oxygen atoms in total. The fraction of sp³-hybridized carbons (Fsp3) is 0.286. The summed E-state index contributed by atoms with van der Waals surface area (Å²) in [5, 5.41) is 1.19. The SMILES string of the molecule is COC(=O)c1ccc(Cn2ccc3cc(C4CCN(Cc5ccccc5)CC4)cnc32)cc1. The lowest BCUT2D eigenvalue weighted by molar-refractivity contribution is 0.0600. The first kappa shape index (κ1) is 21.4. The molecule has 3 heterocycles. The third-order valence-corrected chi connectivity index (χ3v) is 6.66. The van der Waals surface area contributed by atoms with Gasteiger partial charge in [-0.3, -0.25) is 4.90 Å². The Morgan fingerprint density at radius 1 is 0.970 bits per heavy atom. The number of piperidine rings is 1. The smallest absolute Gasteiger partial charge is 0.337 e. The molecule has 0 unspecified atom stereocenters. The Kier molecular flexibility index (Phi) is 6.22. The van der Waals surface area contributed by atoms with Crippen molar-refractivity contribution >= 4 is 17.0 Å². The van der Waals surface area contributed by atoms with E-state index in [1.165, 1.54) is 36.5 Å². The van der Waals surface area contributed by atoms with Crippen molar-refractivity contribution in [2.24, 2.45) is 0 Å². The Balaban J connectivity index is 1.23.